The molecule has 0 N–H and O–H groups in total. The van der Waals surface area contributed by atoms with Crippen LogP contribution in [0.5, 0.6) is 5.75 Å². The fourth-order valence-corrected chi connectivity index (χ4v) is 3.07. The first-order chi connectivity index (χ1) is 12.8. The van der Waals surface area contributed by atoms with Gasteiger partial charge in [-0.25, -0.2) is 0 Å². The molecule has 2 heterocycles. The first-order valence-electron chi connectivity index (χ1n) is 8.87. The monoisotopic (exact) mass is 378 g/mol. The summed E-state index contributed by atoms with van der Waals surface area (Å²) in [7, 11) is 0. The van der Waals surface area contributed by atoms with Crippen molar-refractivity contribution in [2.24, 2.45) is 5.92 Å². The van der Waals surface area contributed by atoms with Crippen molar-refractivity contribution in [1.82, 2.24) is 9.88 Å². The van der Waals surface area contributed by atoms with Gasteiger partial charge in [0.25, 0.3) is 5.91 Å². The third kappa shape index (κ3) is 4.78. The Morgan fingerprint density at radius 1 is 1.22 bits per heavy atom. The van der Waals surface area contributed by atoms with Crippen LogP contribution in [-0.4, -0.2) is 28.9 Å². The Balaban J connectivity index is 1.69. The van der Waals surface area contributed by atoms with Gasteiger partial charge in [-0.05, 0) is 37.0 Å². The zero-order chi connectivity index (χ0) is 19.4. The van der Waals surface area contributed by atoms with Crippen LogP contribution in [0, 0.1) is 5.92 Å². The minimum atomic E-state index is -4.49. The maximum atomic E-state index is 13.0. The van der Waals surface area contributed by atoms with Gasteiger partial charge in [-0.15, -0.1) is 0 Å². The molecule has 0 unspecified atom stereocenters. The van der Waals surface area contributed by atoms with Crippen molar-refractivity contribution < 1.29 is 22.7 Å². The van der Waals surface area contributed by atoms with Gasteiger partial charge in [-0.2, -0.15) is 13.2 Å². The number of ether oxygens (including phenoxy) is 1. The molecule has 1 aromatic heterocycles. The van der Waals surface area contributed by atoms with Gasteiger partial charge >= 0.3 is 6.18 Å². The molecule has 2 aromatic rings. The highest BCUT2D eigenvalue weighted by Crippen LogP contribution is 2.36. The number of halogens is 3. The van der Waals surface area contributed by atoms with Gasteiger partial charge in [-0.1, -0.05) is 19.1 Å². The van der Waals surface area contributed by atoms with Crippen molar-refractivity contribution in [2.45, 2.75) is 32.5 Å². The second-order valence-corrected chi connectivity index (χ2v) is 6.84. The van der Waals surface area contributed by atoms with E-state index in [1.54, 1.807) is 11.0 Å². The summed E-state index contributed by atoms with van der Waals surface area (Å²) in [4.78, 5) is 18.5. The number of hydrogen-bond donors (Lipinski definition) is 0. The smallest absolute Gasteiger partial charge is 0.419 e. The number of nitrogens with zero attached hydrogens (tertiary/aromatic N) is 2. The van der Waals surface area contributed by atoms with Crippen LogP contribution in [0.15, 0.2) is 42.7 Å². The fraction of sp³-hybridized carbons (Fsp3) is 0.400. The summed E-state index contributed by atoms with van der Waals surface area (Å²) in [6.07, 6.45) is 0.420. The standard InChI is InChI=1S/C20H21F3N2O2/c1-14-6-8-25(9-7-14)19(26)16-10-15(11-24-12-16)13-27-18-5-3-2-4-17(18)20(21,22)23/h2-5,10-12,14H,6-9,13H2,1H3. The van der Waals surface area contributed by atoms with Crippen molar-refractivity contribution in [3.8, 4) is 5.75 Å². The molecule has 7 heteroatoms. The van der Waals surface area contributed by atoms with E-state index in [4.69, 9.17) is 4.74 Å². The summed E-state index contributed by atoms with van der Waals surface area (Å²) in [5.74, 6) is 0.263. The lowest BCUT2D eigenvalue weighted by atomic mass is 9.99. The van der Waals surface area contributed by atoms with E-state index in [1.165, 1.54) is 30.6 Å². The minimum Gasteiger partial charge on any atom is -0.488 e. The molecule has 0 radical (unpaired) electrons. The van der Waals surface area contributed by atoms with E-state index < -0.39 is 11.7 Å². The molecule has 0 aliphatic carbocycles. The van der Waals surface area contributed by atoms with Crippen LogP contribution in [0.2, 0.25) is 0 Å². The summed E-state index contributed by atoms with van der Waals surface area (Å²) in [6, 6.07) is 6.69. The Hall–Kier alpha value is -2.57. The van der Waals surface area contributed by atoms with Crippen LogP contribution in [0.3, 0.4) is 0 Å². The van der Waals surface area contributed by atoms with Gasteiger partial charge in [0.1, 0.15) is 12.4 Å². The third-order valence-corrected chi connectivity index (χ3v) is 4.70. The van der Waals surface area contributed by atoms with Gasteiger partial charge in [0.15, 0.2) is 0 Å². The molecule has 0 atom stereocenters. The summed E-state index contributed by atoms with van der Waals surface area (Å²) in [6.45, 7) is 3.48. The Morgan fingerprint density at radius 3 is 2.63 bits per heavy atom. The van der Waals surface area contributed by atoms with Crippen molar-refractivity contribution in [3.05, 3.63) is 59.4 Å². The number of carbonyl (C=O) groups is 1. The molecule has 1 aliphatic heterocycles. The summed E-state index contributed by atoms with van der Waals surface area (Å²) in [5, 5.41) is 0. The third-order valence-electron chi connectivity index (χ3n) is 4.70. The minimum absolute atomic E-state index is 0.0990. The summed E-state index contributed by atoms with van der Waals surface area (Å²) < 4.78 is 44.5. The van der Waals surface area contributed by atoms with Gasteiger partial charge in [0, 0.05) is 31.0 Å². The molecule has 4 nitrogen and oxygen atoms in total. The molecule has 0 bridgehead atoms. The van der Waals surface area contributed by atoms with E-state index in [9.17, 15) is 18.0 Å². The van der Waals surface area contributed by atoms with Crippen LogP contribution in [0.4, 0.5) is 13.2 Å². The predicted octanol–water partition coefficient (Wildman–Crippen LogP) is 4.55. The van der Waals surface area contributed by atoms with Crippen molar-refractivity contribution >= 4 is 5.91 Å². The maximum absolute atomic E-state index is 13.0. The van der Waals surface area contributed by atoms with E-state index in [0.717, 1.165) is 18.9 Å². The second-order valence-electron chi connectivity index (χ2n) is 6.84. The van der Waals surface area contributed by atoms with Crippen molar-refractivity contribution in [3.63, 3.8) is 0 Å². The Bertz CT molecular complexity index is 800. The van der Waals surface area contributed by atoms with Gasteiger partial charge in [0.2, 0.25) is 0 Å². The average molecular weight is 378 g/mol. The highest BCUT2D eigenvalue weighted by Gasteiger charge is 2.34. The maximum Gasteiger partial charge on any atom is 0.419 e. The SMILES string of the molecule is CC1CCN(C(=O)c2cncc(COc3ccccc3C(F)(F)F)c2)CC1. The van der Waals surface area contributed by atoms with Gasteiger partial charge in [0.05, 0.1) is 11.1 Å². The van der Waals surface area contributed by atoms with Crippen LogP contribution in [0.1, 0.15) is 41.3 Å². The number of benzene rings is 1. The Labute approximate surface area is 156 Å². The van der Waals surface area contributed by atoms with E-state index >= 15 is 0 Å². The largest absolute Gasteiger partial charge is 0.488 e. The zero-order valence-corrected chi connectivity index (χ0v) is 15.0. The normalized spacial score (nSPS) is 15.6. The highest BCUT2D eigenvalue weighted by atomic mass is 19.4. The molecule has 1 amide bonds. The van der Waals surface area contributed by atoms with Crippen LogP contribution in [0.25, 0.3) is 0 Å². The van der Waals surface area contributed by atoms with E-state index in [2.05, 4.69) is 11.9 Å². The summed E-state index contributed by atoms with van der Waals surface area (Å²) in [5.41, 5.74) is 0.144. The number of rotatable bonds is 4. The number of carbonyl (C=O) groups excluding carboxylic acids is 1. The highest BCUT2D eigenvalue weighted by molar-refractivity contribution is 5.94. The molecular weight excluding hydrogens is 357 g/mol. The number of piperidine rings is 1. The molecule has 144 valence electrons. The fourth-order valence-electron chi connectivity index (χ4n) is 3.07. The molecule has 1 saturated heterocycles. The number of likely N-dealkylation sites (tertiary alicyclic amines) is 1. The lowest BCUT2D eigenvalue weighted by Gasteiger charge is -2.30. The van der Waals surface area contributed by atoms with Crippen molar-refractivity contribution in [2.75, 3.05) is 13.1 Å². The van der Waals surface area contributed by atoms with Gasteiger partial charge < -0.3 is 9.64 Å². The van der Waals surface area contributed by atoms with Crippen molar-refractivity contribution in [1.29, 1.82) is 0 Å². The Morgan fingerprint density at radius 2 is 1.93 bits per heavy atom. The topological polar surface area (TPSA) is 42.4 Å². The molecule has 27 heavy (non-hydrogen) atoms. The molecule has 1 fully saturated rings. The average Bonchev–Trinajstić information content (AvgIpc) is 2.66. The number of para-hydroxylation sites is 1. The number of pyridine rings is 1. The molecule has 0 spiro atoms. The first-order valence-corrected chi connectivity index (χ1v) is 8.87. The van der Waals surface area contributed by atoms with Crippen LogP contribution in [-0.2, 0) is 12.8 Å². The number of hydrogen-bond acceptors (Lipinski definition) is 3. The predicted molar refractivity (Wildman–Crippen MR) is 94.3 cm³/mol. The van der Waals surface area contributed by atoms with E-state index in [1.807, 2.05) is 0 Å². The molecule has 1 aliphatic rings. The Kier molecular flexibility index (Phi) is 5.68. The zero-order valence-electron chi connectivity index (χ0n) is 15.0. The number of amides is 1. The summed E-state index contributed by atoms with van der Waals surface area (Å²) >= 11 is 0. The molecular formula is C20H21F3N2O2. The molecule has 0 saturated carbocycles. The lowest BCUT2D eigenvalue weighted by Crippen LogP contribution is -2.38. The quantitative estimate of drug-likeness (QED) is 0.784. The van der Waals surface area contributed by atoms with E-state index in [-0.39, 0.29) is 18.3 Å². The number of alkyl halides is 3. The van der Waals surface area contributed by atoms with Crippen LogP contribution < -0.4 is 4.74 Å². The lowest BCUT2D eigenvalue weighted by molar-refractivity contribution is -0.139. The van der Waals surface area contributed by atoms with E-state index in [0.29, 0.717) is 30.1 Å². The molecule has 3 rings (SSSR count). The van der Waals surface area contributed by atoms with Crippen LogP contribution >= 0.6 is 0 Å². The van der Waals surface area contributed by atoms with Gasteiger partial charge in [-0.3, -0.25) is 9.78 Å². The first kappa shape index (κ1) is 19.2. The second kappa shape index (κ2) is 7.98. The number of aromatic nitrogens is 1. The molecule has 1 aromatic carbocycles.